The summed E-state index contributed by atoms with van der Waals surface area (Å²) in [5, 5.41) is 4.50. The second-order valence-corrected chi connectivity index (χ2v) is 5.69. The molecule has 1 saturated carbocycles. The monoisotopic (exact) mass is 271 g/mol. The highest BCUT2D eigenvalue weighted by Gasteiger charge is 2.70. The van der Waals surface area contributed by atoms with Crippen LogP contribution < -0.4 is 5.32 Å². The number of ether oxygens (including phenoxy) is 1. The predicted molar refractivity (Wildman–Crippen MR) is 74.1 cm³/mol. The lowest BCUT2D eigenvalue weighted by atomic mass is 9.94. The molecule has 20 heavy (non-hydrogen) atoms. The van der Waals surface area contributed by atoms with Gasteiger partial charge in [0.05, 0.1) is 18.1 Å². The molecule has 104 valence electrons. The Labute approximate surface area is 117 Å². The van der Waals surface area contributed by atoms with Gasteiger partial charge in [0, 0.05) is 5.39 Å². The molecule has 1 N–H and O–H groups in total. The SMILES string of the molecule is CCOC(=O)[C@@]12C[C@@H]1CN[C@@H]2c1cc2ccccc2o1. The molecule has 0 bridgehead atoms. The molecule has 1 aliphatic carbocycles. The Bertz CT molecular complexity index is 644. The van der Waals surface area contributed by atoms with Crippen LogP contribution in [0.4, 0.5) is 0 Å². The number of hydrogen-bond acceptors (Lipinski definition) is 4. The zero-order valence-electron chi connectivity index (χ0n) is 11.4. The second kappa shape index (κ2) is 4.09. The van der Waals surface area contributed by atoms with Gasteiger partial charge in [-0.1, -0.05) is 18.2 Å². The molecule has 0 amide bonds. The molecule has 2 aliphatic rings. The number of esters is 1. The normalized spacial score (nSPS) is 31.2. The Morgan fingerprint density at radius 1 is 1.50 bits per heavy atom. The van der Waals surface area contributed by atoms with E-state index in [9.17, 15) is 4.79 Å². The van der Waals surface area contributed by atoms with E-state index < -0.39 is 5.41 Å². The van der Waals surface area contributed by atoms with Crippen LogP contribution in [0.1, 0.15) is 25.1 Å². The molecule has 1 aliphatic heterocycles. The summed E-state index contributed by atoms with van der Waals surface area (Å²) in [5.41, 5.74) is 0.469. The summed E-state index contributed by atoms with van der Waals surface area (Å²) >= 11 is 0. The number of carbonyl (C=O) groups excluding carboxylic acids is 1. The fraction of sp³-hybridized carbons (Fsp3) is 0.438. The Morgan fingerprint density at radius 2 is 2.35 bits per heavy atom. The molecule has 4 heteroatoms. The summed E-state index contributed by atoms with van der Waals surface area (Å²) in [6.07, 6.45) is 0.903. The van der Waals surface area contributed by atoms with E-state index in [1.807, 2.05) is 37.3 Å². The van der Waals surface area contributed by atoms with E-state index in [0.29, 0.717) is 12.5 Å². The van der Waals surface area contributed by atoms with Crippen LogP contribution in [0.5, 0.6) is 0 Å². The standard InChI is InChI=1S/C16H17NO3/c1-2-19-15(18)16-8-11(16)9-17-14(16)13-7-10-5-3-4-6-12(10)20-13/h3-7,11,14,17H,2,8-9H2,1H3/t11-,14-,16+/m1/s1. The van der Waals surface area contributed by atoms with Crippen LogP contribution in [0, 0.1) is 11.3 Å². The lowest BCUT2D eigenvalue weighted by Crippen LogP contribution is -2.30. The Hall–Kier alpha value is -1.81. The van der Waals surface area contributed by atoms with Crippen molar-refractivity contribution in [2.24, 2.45) is 11.3 Å². The zero-order valence-corrected chi connectivity index (χ0v) is 11.4. The van der Waals surface area contributed by atoms with Crippen molar-refractivity contribution in [3.63, 3.8) is 0 Å². The molecule has 0 spiro atoms. The topological polar surface area (TPSA) is 51.5 Å². The minimum atomic E-state index is -0.399. The third-order valence-electron chi connectivity index (χ3n) is 4.62. The molecular formula is C16H17NO3. The highest BCUT2D eigenvalue weighted by molar-refractivity contribution is 5.84. The highest BCUT2D eigenvalue weighted by Crippen LogP contribution is 2.64. The zero-order chi connectivity index (χ0) is 13.7. The van der Waals surface area contributed by atoms with Gasteiger partial charge >= 0.3 is 5.97 Å². The smallest absolute Gasteiger partial charge is 0.314 e. The minimum Gasteiger partial charge on any atom is -0.465 e. The van der Waals surface area contributed by atoms with E-state index in [2.05, 4.69) is 5.32 Å². The molecule has 4 nitrogen and oxygen atoms in total. The maximum Gasteiger partial charge on any atom is 0.314 e. The molecule has 2 fully saturated rings. The lowest BCUT2D eigenvalue weighted by molar-refractivity contribution is -0.151. The fourth-order valence-corrected chi connectivity index (χ4v) is 3.53. The van der Waals surface area contributed by atoms with Crippen molar-refractivity contribution >= 4 is 16.9 Å². The summed E-state index contributed by atoms with van der Waals surface area (Å²) in [5.74, 6) is 1.15. The molecule has 1 aromatic heterocycles. The first-order valence-corrected chi connectivity index (χ1v) is 7.15. The van der Waals surface area contributed by atoms with Gasteiger partial charge in [0.1, 0.15) is 11.3 Å². The van der Waals surface area contributed by atoms with Crippen molar-refractivity contribution in [3.8, 4) is 0 Å². The van der Waals surface area contributed by atoms with Gasteiger partial charge in [0.25, 0.3) is 0 Å². The molecule has 0 unspecified atom stereocenters. The van der Waals surface area contributed by atoms with Gasteiger partial charge in [0.15, 0.2) is 0 Å². The number of hydrogen-bond donors (Lipinski definition) is 1. The third-order valence-corrected chi connectivity index (χ3v) is 4.62. The molecule has 2 heterocycles. The number of furan rings is 1. The van der Waals surface area contributed by atoms with E-state index in [0.717, 1.165) is 29.7 Å². The minimum absolute atomic E-state index is 0.0565. The van der Waals surface area contributed by atoms with E-state index in [4.69, 9.17) is 9.15 Å². The van der Waals surface area contributed by atoms with Crippen LogP contribution in [0.2, 0.25) is 0 Å². The van der Waals surface area contributed by atoms with Crippen molar-refractivity contribution in [1.82, 2.24) is 5.32 Å². The van der Waals surface area contributed by atoms with Crippen LogP contribution >= 0.6 is 0 Å². The fourth-order valence-electron chi connectivity index (χ4n) is 3.53. The summed E-state index contributed by atoms with van der Waals surface area (Å²) in [4.78, 5) is 12.3. The molecule has 3 atom stereocenters. The number of benzene rings is 1. The summed E-state index contributed by atoms with van der Waals surface area (Å²) in [6, 6.07) is 9.91. The van der Waals surface area contributed by atoms with Crippen molar-refractivity contribution in [3.05, 3.63) is 36.1 Å². The maximum absolute atomic E-state index is 12.3. The largest absolute Gasteiger partial charge is 0.465 e. The maximum atomic E-state index is 12.3. The van der Waals surface area contributed by atoms with Crippen molar-refractivity contribution in [2.75, 3.05) is 13.2 Å². The van der Waals surface area contributed by atoms with Gasteiger partial charge in [-0.3, -0.25) is 4.79 Å². The Balaban J connectivity index is 1.72. The molecule has 1 saturated heterocycles. The van der Waals surface area contributed by atoms with Gasteiger partial charge in [-0.05, 0) is 37.9 Å². The van der Waals surface area contributed by atoms with Crippen LogP contribution in [-0.2, 0) is 9.53 Å². The van der Waals surface area contributed by atoms with Gasteiger partial charge in [-0.25, -0.2) is 0 Å². The average molecular weight is 271 g/mol. The van der Waals surface area contributed by atoms with E-state index in [1.165, 1.54) is 0 Å². The number of carbonyl (C=O) groups is 1. The van der Waals surface area contributed by atoms with Gasteiger partial charge in [-0.2, -0.15) is 0 Å². The first kappa shape index (κ1) is 12.0. The summed E-state index contributed by atoms with van der Waals surface area (Å²) in [6.45, 7) is 3.14. The molecule has 2 aromatic rings. The van der Waals surface area contributed by atoms with Crippen molar-refractivity contribution < 1.29 is 13.9 Å². The van der Waals surface area contributed by atoms with Crippen LogP contribution in [0.3, 0.4) is 0 Å². The summed E-state index contributed by atoms with van der Waals surface area (Å²) in [7, 11) is 0. The van der Waals surface area contributed by atoms with Gasteiger partial charge in [-0.15, -0.1) is 0 Å². The number of fused-ring (bicyclic) bond motifs is 2. The number of rotatable bonds is 3. The second-order valence-electron chi connectivity index (χ2n) is 5.69. The van der Waals surface area contributed by atoms with E-state index >= 15 is 0 Å². The molecular weight excluding hydrogens is 254 g/mol. The lowest BCUT2D eigenvalue weighted by Gasteiger charge is -2.19. The van der Waals surface area contributed by atoms with E-state index in [-0.39, 0.29) is 12.0 Å². The highest BCUT2D eigenvalue weighted by atomic mass is 16.5. The molecule has 0 radical (unpaired) electrons. The average Bonchev–Trinajstić information content (AvgIpc) is 2.87. The Kier molecular flexibility index (Phi) is 2.45. The molecule has 1 aromatic carbocycles. The van der Waals surface area contributed by atoms with Crippen LogP contribution in [0.25, 0.3) is 11.0 Å². The first-order valence-electron chi connectivity index (χ1n) is 7.15. The van der Waals surface area contributed by atoms with Crippen LogP contribution in [-0.4, -0.2) is 19.1 Å². The van der Waals surface area contributed by atoms with Crippen molar-refractivity contribution in [1.29, 1.82) is 0 Å². The van der Waals surface area contributed by atoms with Crippen LogP contribution in [0.15, 0.2) is 34.7 Å². The quantitative estimate of drug-likeness (QED) is 0.872. The van der Waals surface area contributed by atoms with Crippen molar-refractivity contribution in [2.45, 2.75) is 19.4 Å². The first-order chi connectivity index (χ1) is 9.75. The predicted octanol–water partition coefficient (Wildman–Crippen LogP) is 2.65. The number of piperidine rings is 1. The third kappa shape index (κ3) is 1.48. The number of para-hydroxylation sites is 1. The molecule has 4 rings (SSSR count). The van der Waals surface area contributed by atoms with Gasteiger partial charge in [0.2, 0.25) is 0 Å². The van der Waals surface area contributed by atoms with Gasteiger partial charge < -0.3 is 14.5 Å². The summed E-state index contributed by atoms with van der Waals surface area (Å²) < 4.78 is 11.2. The number of nitrogens with one attached hydrogen (secondary N) is 1. The van der Waals surface area contributed by atoms with E-state index in [1.54, 1.807) is 0 Å². The Morgan fingerprint density at radius 3 is 3.10 bits per heavy atom.